The average Bonchev–Trinajstić information content (AvgIpc) is 2.96. The van der Waals surface area contributed by atoms with Gasteiger partial charge in [0.15, 0.2) is 0 Å². The number of likely N-dealkylation sites (tertiary alicyclic amines) is 1. The highest BCUT2D eigenvalue weighted by Crippen LogP contribution is 2.32. The van der Waals surface area contributed by atoms with Crippen molar-refractivity contribution < 1.29 is 19.4 Å². The van der Waals surface area contributed by atoms with Crippen molar-refractivity contribution in [3.05, 3.63) is 52.1 Å². The van der Waals surface area contributed by atoms with Crippen molar-refractivity contribution in [1.29, 1.82) is 0 Å². The van der Waals surface area contributed by atoms with Crippen LogP contribution in [0.1, 0.15) is 58.6 Å². The Balaban J connectivity index is 0.00000432. The molecule has 1 saturated heterocycles. The molecule has 1 aromatic carbocycles. The van der Waals surface area contributed by atoms with Gasteiger partial charge in [-0.15, -0.1) is 0 Å². The highest BCUT2D eigenvalue weighted by atomic mass is 19.4. The van der Waals surface area contributed by atoms with E-state index in [1.165, 1.54) is 0 Å². The highest BCUT2D eigenvalue weighted by molar-refractivity contribution is 5.86. The molecular weight excluding hydrogens is 447 g/mol. The first-order valence-electron chi connectivity index (χ1n) is 11.2. The van der Waals surface area contributed by atoms with Crippen LogP contribution in [0.5, 0.6) is 0 Å². The molecule has 1 aromatic heterocycles. The lowest BCUT2D eigenvalue weighted by Gasteiger charge is -2.23. The number of nitrogens with zero attached hydrogens (tertiary/aromatic N) is 4. The maximum absolute atomic E-state index is 13.2. The Kier molecular flexibility index (Phi) is 7.48. The molecule has 0 bridgehead atoms. The zero-order chi connectivity index (χ0) is 25.2. The molecule has 1 atom stereocenters. The molecular formula is C24H32F3N5O2. The van der Waals surface area contributed by atoms with E-state index in [0.29, 0.717) is 31.5 Å². The first-order valence-corrected chi connectivity index (χ1v) is 11.2. The van der Waals surface area contributed by atoms with Gasteiger partial charge in [-0.1, -0.05) is 20.4 Å². The van der Waals surface area contributed by atoms with E-state index < -0.39 is 17.3 Å². The predicted molar refractivity (Wildman–Crippen MR) is 128 cm³/mol. The second-order valence-corrected chi connectivity index (χ2v) is 8.88. The molecule has 1 aliphatic rings. The van der Waals surface area contributed by atoms with Crippen LogP contribution in [0.4, 0.5) is 13.2 Å². The molecule has 2 aromatic rings. The minimum Gasteiger partial charge on any atom is -0.352 e. The third kappa shape index (κ3) is 5.48. The van der Waals surface area contributed by atoms with Gasteiger partial charge in [0, 0.05) is 38.6 Å². The summed E-state index contributed by atoms with van der Waals surface area (Å²) in [4.78, 5) is 32.1. The number of benzene rings is 1. The third-order valence-corrected chi connectivity index (χ3v) is 5.97. The molecule has 0 spiro atoms. The van der Waals surface area contributed by atoms with E-state index in [0.717, 1.165) is 34.4 Å². The Bertz CT molecular complexity index is 1190. The van der Waals surface area contributed by atoms with E-state index in [-0.39, 0.29) is 36.6 Å². The fraction of sp³-hybridized carbons (Fsp3) is 0.500. The lowest BCUT2D eigenvalue weighted by Crippen LogP contribution is -2.40. The van der Waals surface area contributed by atoms with Gasteiger partial charge in [0.1, 0.15) is 12.4 Å². The summed E-state index contributed by atoms with van der Waals surface area (Å²) >= 11 is 0. The predicted octanol–water partition coefficient (Wildman–Crippen LogP) is 4.32. The van der Waals surface area contributed by atoms with E-state index in [1.54, 1.807) is 20.9 Å². The van der Waals surface area contributed by atoms with Crippen LogP contribution in [0, 0.1) is 0 Å². The highest BCUT2D eigenvalue weighted by Gasteiger charge is 2.31. The van der Waals surface area contributed by atoms with Crippen LogP contribution in [0.2, 0.25) is 0 Å². The quantitative estimate of drug-likeness (QED) is 0.693. The van der Waals surface area contributed by atoms with Crippen molar-refractivity contribution >= 4 is 22.5 Å². The number of carbonyl (C=O) groups excluding carboxylic acids is 1. The van der Waals surface area contributed by atoms with Crippen molar-refractivity contribution in [2.24, 2.45) is 4.99 Å². The van der Waals surface area contributed by atoms with Gasteiger partial charge in [0.25, 0.3) is 5.56 Å². The number of nitrogens with one attached hydrogen (secondary N) is 1. The monoisotopic (exact) mass is 479 g/mol. The summed E-state index contributed by atoms with van der Waals surface area (Å²) in [5.74, 6) is 0.290. The summed E-state index contributed by atoms with van der Waals surface area (Å²) in [6, 6.07) is 2.88. The number of halogens is 3. The molecule has 1 N–H and O–H groups in total. The Morgan fingerprint density at radius 1 is 1.32 bits per heavy atom. The summed E-state index contributed by atoms with van der Waals surface area (Å²) in [6.45, 7) is 9.81. The number of rotatable bonds is 5. The van der Waals surface area contributed by atoms with Crippen molar-refractivity contribution in [3.63, 3.8) is 0 Å². The lowest BCUT2D eigenvalue weighted by atomic mass is 10.0. The van der Waals surface area contributed by atoms with Gasteiger partial charge in [-0.05, 0) is 43.9 Å². The number of hydrogen-bond donors (Lipinski definition) is 1. The maximum atomic E-state index is 13.2. The molecule has 3 rings (SSSR count). The molecule has 1 fully saturated rings. The first kappa shape index (κ1) is 25.5. The van der Waals surface area contributed by atoms with E-state index in [1.807, 2.05) is 11.8 Å². The van der Waals surface area contributed by atoms with Gasteiger partial charge >= 0.3 is 6.18 Å². The van der Waals surface area contributed by atoms with Crippen LogP contribution in [0.25, 0.3) is 10.8 Å². The Labute approximate surface area is 197 Å². The van der Waals surface area contributed by atoms with Crippen molar-refractivity contribution in [2.45, 2.75) is 64.7 Å². The standard InChI is InChI=1S/C24H30F3N5O2.H2/c1-14(2)22-19-12-16(24(25,26)27)6-8-18(19)23(34)32(30-22)13-21(33)29-17-7-9-20(28-5)31(11-10-17)15(3)4;/h6,8,12,14,17H,3,7,9-11,13H2,1-2,4-5H3,(H,29,33);1H/t17-;/m1./s1. The van der Waals surface area contributed by atoms with Gasteiger partial charge in [-0.25, -0.2) is 4.68 Å². The number of aliphatic imine (C=N–C) groups is 1. The van der Waals surface area contributed by atoms with Gasteiger partial charge in [0.2, 0.25) is 5.91 Å². The average molecular weight is 480 g/mol. The van der Waals surface area contributed by atoms with E-state index in [9.17, 15) is 22.8 Å². The molecule has 10 heteroatoms. The van der Waals surface area contributed by atoms with Crippen LogP contribution in [0.15, 0.2) is 40.3 Å². The minimum atomic E-state index is -4.53. The molecule has 1 aliphatic heterocycles. The van der Waals surface area contributed by atoms with Crippen LogP contribution >= 0.6 is 0 Å². The van der Waals surface area contributed by atoms with E-state index in [4.69, 9.17) is 0 Å². The molecule has 2 heterocycles. The number of amides is 1. The van der Waals surface area contributed by atoms with Crippen molar-refractivity contribution in [2.75, 3.05) is 13.6 Å². The number of aromatic nitrogens is 2. The number of allylic oxidation sites excluding steroid dienone is 1. The number of amidine groups is 1. The number of fused-ring (bicyclic) bond motifs is 1. The van der Waals surface area contributed by atoms with Gasteiger partial charge in [-0.2, -0.15) is 18.3 Å². The summed E-state index contributed by atoms with van der Waals surface area (Å²) < 4.78 is 40.6. The summed E-state index contributed by atoms with van der Waals surface area (Å²) in [7, 11) is 1.73. The maximum Gasteiger partial charge on any atom is 0.416 e. The van der Waals surface area contributed by atoms with Gasteiger partial charge < -0.3 is 10.2 Å². The summed E-state index contributed by atoms with van der Waals surface area (Å²) in [5.41, 5.74) is -0.220. The largest absolute Gasteiger partial charge is 0.416 e. The Morgan fingerprint density at radius 3 is 2.62 bits per heavy atom. The van der Waals surface area contributed by atoms with Crippen LogP contribution < -0.4 is 10.9 Å². The zero-order valence-corrected chi connectivity index (χ0v) is 19.9. The molecule has 34 heavy (non-hydrogen) atoms. The van der Waals surface area contributed by atoms with Crippen LogP contribution in [-0.4, -0.2) is 46.1 Å². The number of carbonyl (C=O) groups is 1. The summed E-state index contributed by atoms with van der Waals surface area (Å²) in [6.07, 6.45) is -2.46. The zero-order valence-electron chi connectivity index (χ0n) is 19.9. The number of hydrogen-bond acceptors (Lipinski definition) is 4. The van der Waals surface area contributed by atoms with E-state index in [2.05, 4.69) is 22.0 Å². The minimum absolute atomic E-state index is 0. The second kappa shape index (κ2) is 9.99. The molecule has 0 saturated carbocycles. The fourth-order valence-corrected chi connectivity index (χ4v) is 4.21. The molecule has 0 aliphatic carbocycles. The molecule has 1 amide bonds. The SMILES string of the molecule is C=C(C)N1CC[C@H](NC(=O)Cn2nc(C(C)C)c3cc(C(F)(F)F)ccc3c2=O)CCC1=NC.[HH]. The topological polar surface area (TPSA) is 79.6 Å². The van der Waals surface area contributed by atoms with Crippen LogP contribution in [0.3, 0.4) is 0 Å². The van der Waals surface area contributed by atoms with Crippen molar-refractivity contribution in [1.82, 2.24) is 20.0 Å². The normalized spacial score (nSPS) is 18.4. The molecule has 0 radical (unpaired) electrons. The molecule has 0 unspecified atom stereocenters. The fourth-order valence-electron chi connectivity index (χ4n) is 4.21. The number of alkyl halides is 3. The Morgan fingerprint density at radius 2 is 2.03 bits per heavy atom. The third-order valence-electron chi connectivity index (χ3n) is 5.97. The second-order valence-electron chi connectivity index (χ2n) is 8.88. The molecule has 7 nitrogen and oxygen atoms in total. The summed E-state index contributed by atoms with van der Waals surface area (Å²) in [5, 5.41) is 7.50. The first-order chi connectivity index (χ1) is 15.9. The van der Waals surface area contributed by atoms with Crippen molar-refractivity contribution in [3.8, 4) is 0 Å². The lowest BCUT2D eigenvalue weighted by molar-refractivity contribution is -0.137. The van der Waals surface area contributed by atoms with Crippen LogP contribution in [-0.2, 0) is 17.5 Å². The van der Waals surface area contributed by atoms with Gasteiger partial charge in [-0.3, -0.25) is 14.6 Å². The van der Waals surface area contributed by atoms with E-state index >= 15 is 0 Å². The van der Waals surface area contributed by atoms with Gasteiger partial charge in [0.05, 0.1) is 16.6 Å². The smallest absolute Gasteiger partial charge is 0.352 e. The Hall–Kier alpha value is -3.17. The molecule has 186 valence electrons.